The third-order valence-corrected chi connectivity index (χ3v) is 4.19. The summed E-state index contributed by atoms with van der Waals surface area (Å²) in [6.07, 6.45) is 1.10. The molecule has 0 rings (SSSR count). The van der Waals surface area contributed by atoms with E-state index in [2.05, 4.69) is 5.40 Å². The van der Waals surface area contributed by atoms with Crippen molar-refractivity contribution in [3.8, 4) is 5.40 Å². The second-order valence-electron chi connectivity index (χ2n) is 2.34. The van der Waals surface area contributed by atoms with E-state index in [0.29, 0.717) is 0 Å². The first-order chi connectivity index (χ1) is 5.85. The maximum absolute atomic E-state index is 8.24. The Labute approximate surface area is 80.2 Å². The van der Waals surface area contributed by atoms with Gasteiger partial charge >= 0.3 is 0 Å². The molecule has 0 saturated carbocycles. The Bertz CT molecular complexity index is 136. The molecule has 0 atom stereocenters. The minimum atomic E-state index is -0.270. The quantitative estimate of drug-likeness (QED) is 0.266. The maximum atomic E-state index is 8.24. The molecule has 0 fully saturated rings. The number of nitrogens with zero attached hydrogens (tertiary/aromatic N) is 1. The van der Waals surface area contributed by atoms with Crippen molar-refractivity contribution >= 4 is 21.3 Å². The van der Waals surface area contributed by atoms with Crippen molar-refractivity contribution in [2.75, 3.05) is 20.0 Å². The lowest BCUT2D eigenvalue weighted by molar-refractivity contribution is -0.0441. The summed E-state index contributed by atoms with van der Waals surface area (Å²) in [5, 5.41) is 10.3. The summed E-state index contributed by atoms with van der Waals surface area (Å²) < 4.78 is 10.1. The molecule has 0 aromatic heterocycles. The molecule has 0 aliphatic heterocycles. The fraction of sp³-hybridized carbons (Fsp3) is 0.857. The molecule has 12 heavy (non-hydrogen) atoms. The first kappa shape index (κ1) is 12.0. The Morgan fingerprint density at radius 2 is 2.17 bits per heavy atom. The molecule has 0 heterocycles. The van der Waals surface area contributed by atoms with Gasteiger partial charge in [0.2, 0.25) is 0 Å². The van der Waals surface area contributed by atoms with E-state index in [0.717, 1.165) is 12.2 Å². The van der Waals surface area contributed by atoms with Crippen molar-refractivity contribution in [2.24, 2.45) is 0 Å². The number of thioether (sulfide) groups is 1. The van der Waals surface area contributed by atoms with Gasteiger partial charge in [0.05, 0.1) is 9.52 Å². The van der Waals surface area contributed by atoms with E-state index in [1.807, 2.05) is 0 Å². The molecular formula is C7H15NO2SSi. The van der Waals surface area contributed by atoms with Gasteiger partial charge in [0, 0.05) is 20.0 Å². The summed E-state index contributed by atoms with van der Waals surface area (Å²) in [4.78, 5) is 0. The minimum absolute atomic E-state index is 0.0529. The Hall–Kier alpha value is -0.0231. The van der Waals surface area contributed by atoms with Gasteiger partial charge in [-0.15, -0.1) is 0 Å². The molecule has 0 spiro atoms. The van der Waals surface area contributed by atoms with Crippen molar-refractivity contribution in [3.63, 3.8) is 0 Å². The van der Waals surface area contributed by atoms with Crippen LogP contribution >= 0.6 is 11.8 Å². The fourth-order valence-electron chi connectivity index (χ4n) is 0.863. The molecule has 70 valence electrons. The standard InChI is InChI=1S/C7H15NO2SSi/c1-9-7(10-2)12-5-3-4-11-6-8/h7H,3-5,12H2,1-2H3. The number of hydrogen-bond acceptors (Lipinski definition) is 4. The normalized spacial score (nSPS) is 11.2. The van der Waals surface area contributed by atoms with E-state index >= 15 is 0 Å². The van der Waals surface area contributed by atoms with E-state index in [-0.39, 0.29) is 15.4 Å². The van der Waals surface area contributed by atoms with E-state index in [1.165, 1.54) is 17.8 Å². The molecule has 5 heteroatoms. The highest BCUT2D eigenvalue weighted by Gasteiger charge is 2.04. The third-order valence-electron chi connectivity index (χ3n) is 1.53. The first-order valence-electron chi connectivity index (χ1n) is 3.91. The highest BCUT2D eigenvalue weighted by atomic mass is 32.2. The molecule has 3 nitrogen and oxygen atoms in total. The molecule has 0 unspecified atom stereocenters. The van der Waals surface area contributed by atoms with Crippen molar-refractivity contribution in [1.29, 1.82) is 5.26 Å². The summed E-state index contributed by atoms with van der Waals surface area (Å²) >= 11 is 1.32. The monoisotopic (exact) mass is 205 g/mol. The van der Waals surface area contributed by atoms with Gasteiger partial charge in [-0.05, 0) is 18.2 Å². The summed E-state index contributed by atoms with van der Waals surface area (Å²) in [6, 6.07) is 1.18. The number of rotatable bonds is 7. The number of methoxy groups -OCH3 is 2. The van der Waals surface area contributed by atoms with E-state index in [4.69, 9.17) is 14.7 Å². The van der Waals surface area contributed by atoms with Crippen LogP contribution in [0.4, 0.5) is 0 Å². The van der Waals surface area contributed by atoms with Crippen LogP contribution in [-0.4, -0.2) is 35.4 Å². The molecule has 0 amide bonds. The molecular weight excluding hydrogens is 190 g/mol. The second kappa shape index (κ2) is 9.07. The van der Waals surface area contributed by atoms with Crippen LogP contribution in [0.1, 0.15) is 6.42 Å². The van der Waals surface area contributed by atoms with Gasteiger partial charge in [-0.3, -0.25) is 0 Å². The van der Waals surface area contributed by atoms with E-state index < -0.39 is 0 Å². The van der Waals surface area contributed by atoms with Crippen LogP contribution in [-0.2, 0) is 9.47 Å². The minimum Gasteiger partial charge on any atom is -0.360 e. The summed E-state index contributed by atoms with van der Waals surface area (Å²) in [5.74, 6) is 0.987. The molecule has 0 bridgehead atoms. The second-order valence-corrected chi connectivity index (χ2v) is 5.17. The van der Waals surface area contributed by atoms with Crippen LogP contribution in [0.5, 0.6) is 0 Å². The van der Waals surface area contributed by atoms with Crippen LogP contribution in [0.3, 0.4) is 0 Å². The zero-order valence-corrected chi connectivity index (χ0v) is 9.81. The third kappa shape index (κ3) is 6.67. The van der Waals surface area contributed by atoms with Gasteiger partial charge in [-0.1, -0.05) is 6.04 Å². The van der Waals surface area contributed by atoms with Gasteiger partial charge < -0.3 is 9.47 Å². The van der Waals surface area contributed by atoms with Crippen molar-refractivity contribution in [2.45, 2.75) is 18.4 Å². The molecule has 0 aliphatic rings. The molecule has 0 aromatic rings. The molecule has 0 aliphatic carbocycles. The van der Waals surface area contributed by atoms with Gasteiger partial charge in [-0.25, -0.2) is 0 Å². The number of thiocyanates is 1. The fourth-order valence-corrected chi connectivity index (χ4v) is 3.01. The van der Waals surface area contributed by atoms with Crippen LogP contribution in [0.25, 0.3) is 0 Å². The lowest BCUT2D eigenvalue weighted by Crippen LogP contribution is -2.21. The predicted molar refractivity (Wildman–Crippen MR) is 53.8 cm³/mol. The number of nitriles is 1. The summed E-state index contributed by atoms with van der Waals surface area (Å²) in [7, 11) is 3.07. The van der Waals surface area contributed by atoms with Gasteiger partial charge in [-0.2, -0.15) is 5.26 Å². The van der Waals surface area contributed by atoms with Crippen molar-refractivity contribution in [1.82, 2.24) is 0 Å². The number of hydrogen-bond donors (Lipinski definition) is 0. The summed E-state index contributed by atoms with van der Waals surface area (Å²) in [5.41, 5.74) is 0. The Balaban J connectivity index is 3.13. The van der Waals surface area contributed by atoms with Gasteiger partial charge in [0.25, 0.3) is 0 Å². The summed E-state index contributed by atoms with van der Waals surface area (Å²) in [6.45, 7) is 0. The largest absolute Gasteiger partial charge is 0.360 e. The molecule has 0 N–H and O–H groups in total. The highest BCUT2D eigenvalue weighted by molar-refractivity contribution is 8.03. The maximum Gasteiger partial charge on any atom is 0.134 e. The van der Waals surface area contributed by atoms with Crippen LogP contribution in [0.2, 0.25) is 6.04 Å². The Morgan fingerprint density at radius 3 is 2.67 bits per heavy atom. The molecule has 0 radical (unpaired) electrons. The molecule has 0 saturated heterocycles. The van der Waals surface area contributed by atoms with Crippen molar-refractivity contribution in [3.05, 3.63) is 0 Å². The van der Waals surface area contributed by atoms with Crippen molar-refractivity contribution < 1.29 is 9.47 Å². The highest BCUT2D eigenvalue weighted by Crippen LogP contribution is 2.03. The lowest BCUT2D eigenvalue weighted by atomic mass is 10.6. The SMILES string of the molecule is COC(OC)[SiH2]CCCSC#N. The van der Waals surface area contributed by atoms with Gasteiger partial charge in [0.1, 0.15) is 11.3 Å². The van der Waals surface area contributed by atoms with Crippen LogP contribution in [0, 0.1) is 10.7 Å². The zero-order valence-electron chi connectivity index (χ0n) is 7.58. The average Bonchev–Trinajstić information content (AvgIpc) is 2.11. The van der Waals surface area contributed by atoms with Gasteiger partial charge in [0.15, 0.2) is 0 Å². The lowest BCUT2D eigenvalue weighted by Gasteiger charge is -2.11. The number of ether oxygens (including phenoxy) is 2. The van der Waals surface area contributed by atoms with Crippen LogP contribution < -0.4 is 0 Å². The van der Waals surface area contributed by atoms with E-state index in [1.54, 1.807) is 14.2 Å². The molecule has 0 aromatic carbocycles. The van der Waals surface area contributed by atoms with E-state index in [9.17, 15) is 0 Å². The topological polar surface area (TPSA) is 42.2 Å². The Kier molecular flexibility index (Phi) is 9.05. The first-order valence-corrected chi connectivity index (χ1v) is 6.71. The average molecular weight is 205 g/mol. The Morgan fingerprint density at radius 1 is 1.50 bits per heavy atom. The zero-order chi connectivity index (χ0) is 9.23. The predicted octanol–water partition coefficient (Wildman–Crippen LogP) is 0.754. The smallest absolute Gasteiger partial charge is 0.134 e. The van der Waals surface area contributed by atoms with Crippen LogP contribution in [0.15, 0.2) is 0 Å².